The molecule has 0 unspecified atom stereocenters. The minimum atomic E-state index is -0.978. The van der Waals surface area contributed by atoms with Gasteiger partial charge in [0.25, 0.3) is 0 Å². The van der Waals surface area contributed by atoms with Gasteiger partial charge in [-0.15, -0.1) is 0 Å². The average molecular weight is 302 g/mol. The monoisotopic (exact) mass is 302 g/mol. The van der Waals surface area contributed by atoms with Gasteiger partial charge in [-0.25, -0.2) is 9.59 Å². The SMILES string of the molecule is CC#CC(=O)OOO[O-].CC#CC(=O)OOO[O-].[Ca+2]. The van der Waals surface area contributed by atoms with Gasteiger partial charge in [0, 0.05) is 11.8 Å². The molecule has 0 aromatic rings. The molecule has 0 heterocycles. The molecule has 0 aromatic heterocycles. The zero-order valence-corrected chi connectivity index (χ0v) is 12.0. The number of hydrogen-bond acceptors (Lipinski definition) is 10. The van der Waals surface area contributed by atoms with E-state index >= 15 is 0 Å². The summed E-state index contributed by atoms with van der Waals surface area (Å²) in [4.78, 5) is 27.3. The minimum absolute atomic E-state index is 0. The van der Waals surface area contributed by atoms with E-state index < -0.39 is 11.9 Å². The van der Waals surface area contributed by atoms with Gasteiger partial charge in [-0.1, -0.05) is 11.8 Å². The molecule has 0 amide bonds. The molecule has 0 N–H and O–H groups in total. The normalized spacial score (nSPS) is 6.95. The summed E-state index contributed by atoms with van der Waals surface area (Å²) < 4.78 is 0. The standard InChI is InChI=1S/2C4H4O5.Ca/c2*1-2-3-4(5)7-9-8-6;/h2*6H,1H3;/q;;+2/p-2. The van der Waals surface area contributed by atoms with E-state index in [1.807, 2.05) is 11.8 Å². The van der Waals surface area contributed by atoms with Gasteiger partial charge in [-0.05, 0) is 23.9 Å². The molecule has 0 radical (unpaired) electrons. The molecule has 0 rings (SSSR count). The van der Waals surface area contributed by atoms with Crippen molar-refractivity contribution in [1.29, 1.82) is 0 Å². The van der Waals surface area contributed by atoms with E-state index in [1.54, 1.807) is 0 Å². The van der Waals surface area contributed by atoms with Gasteiger partial charge < -0.3 is 10.5 Å². The Balaban J connectivity index is -0.000000256. The number of carbonyl (C=O) groups is 2. The predicted molar refractivity (Wildman–Crippen MR) is 49.2 cm³/mol. The minimum Gasteiger partial charge on any atom is -0.689 e. The molecule has 10 nitrogen and oxygen atoms in total. The Hall–Kier alpha value is -0.920. The first-order valence-corrected chi connectivity index (χ1v) is 3.82. The van der Waals surface area contributed by atoms with Crippen molar-refractivity contribution in [3.8, 4) is 23.7 Å². The van der Waals surface area contributed by atoms with E-state index in [0.29, 0.717) is 0 Å². The third-order valence-corrected chi connectivity index (χ3v) is 0.729. The second-order valence-electron chi connectivity index (χ2n) is 1.76. The summed E-state index contributed by atoms with van der Waals surface area (Å²) in [6.07, 6.45) is 0. The zero-order chi connectivity index (χ0) is 14.2. The number of carbonyl (C=O) groups excluding carboxylic acids is 2. The smallest absolute Gasteiger partial charge is 0.689 e. The fraction of sp³-hybridized carbons (Fsp3) is 0.250. The van der Waals surface area contributed by atoms with Crippen LogP contribution >= 0.6 is 0 Å². The Bertz CT molecular complexity index is 323. The van der Waals surface area contributed by atoms with Gasteiger partial charge >= 0.3 is 49.7 Å². The second-order valence-corrected chi connectivity index (χ2v) is 1.76. The molecule has 100 valence electrons. The van der Waals surface area contributed by atoms with Crippen molar-refractivity contribution >= 4 is 49.7 Å². The summed E-state index contributed by atoms with van der Waals surface area (Å²) in [6, 6.07) is 0. The van der Waals surface area contributed by atoms with Crippen LogP contribution in [0.25, 0.3) is 0 Å². The van der Waals surface area contributed by atoms with Gasteiger partial charge in [0.2, 0.25) is 0 Å². The fourth-order valence-corrected chi connectivity index (χ4v) is 0.335. The van der Waals surface area contributed by atoms with Crippen molar-refractivity contribution in [3.63, 3.8) is 0 Å². The Morgan fingerprint density at radius 1 is 0.842 bits per heavy atom. The maximum atomic E-state index is 10.1. The van der Waals surface area contributed by atoms with Crippen LogP contribution < -0.4 is 10.5 Å². The Labute approximate surface area is 137 Å². The van der Waals surface area contributed by atoms with Crippen LogP contribution in [0.5, 0.6) is 0 Å². The first-order valence-electron chi connectivity index (χ1n) is 3.82. The van der Waals surface area contributed by atoms with Crippen LogP contribution in [0.3, 0.4) is 0 Å². The first-order chi connectivity index (χ1) is 8.62. The van der Waals surface area contributed by atoms with Crippen molar-refractivity contribution < 1.29 is 50.0 Å². The number of rotatable bonds is 4. The molecule has 0 aliphatic rings. The molecule has 0 aliphatic heterocycles. The zero-order valence-electron chi connectivity index (χ0n) is 9.79. The predicted octanol–water partition coefficient (Wildman–Crippen LogP) is -3.00. The van der Waals surface area contributed by atoms with Gasteiger partial charge in [0.15, 0.2) is 0 Å². The van der Waals surface area contributed by atoms with Crippen LogP contribution in [-0.2, 0) is 39.5 Å². The van der Waals surface area contributed by atoms with Crippen LogP contribution in [0.15, 0.2) is 0 Å². The maximum absolute atomic E-state index is 10.1. The summed E-state index contributed by atoms with van der Waals surface area (Å²) in [5.41, 5.74) is 0. The van der Waals surface area contributed by atoms with Gasteiger partial charge in [-0.2, -0.15) is 0 Å². The second kappa shape index (κ2) is 19.4. The Morgan fingerprint density at radius 3 is 1.37 bits per heavy atom. The van der Waals surface area contributed by atoms with Crippen molar-refractivity contribution in [1.82, 2.24) is 0 Å². The summed E-state index contributed by atoms with van der Waals surface area (Å²) in [7, 11) is 0. The van der Waals surface area contributed by atoms with Crippen molar-refractivity contribution in [2.24, 2.45) is 0 Å². The molecule has 0 spiro atoms. The van der Waals surface area contributed by atoms with E-state index in [4.69, 9.17) is 10.5 Å². The third-order valence-electron chi connectivity index (χ3n) is 0.729. The van der Waals surface area contributed by atoms with Crippen LogP contribution in [0.2, 0.25) is 0 Å². The fourth-order valence-electron chi connectivity index (χ4n) is 0.335. The van der Waals surface area contributed by atoms with E-state index in [-0.39, 0.29) is 37.7 Å². The molecule has 0 saturated heterocycles. The molecular formula is C8H6CaO10. The number of hydrogen-bond donors (Lipinski definition) is 0. The largest absolute Gasteiger partial charge is 2.00 e. The summed E-state index contributed by atoms with van der Waals surface area (Å²) in [5.74, 6) is 6.32. The molecule has 0 fully saturated rings. The first kappa shape index (κ1) is 23.2. The summed E-state index contributed by atoms with van der Waals surface area (Å²) >= 11 is 0. The molecular weight excluding hydrogens is 296 g/mol. The van der Waals surface area contributed by atoms with E-state index in [2.05, 4.69) is 41.8 Å². The van der Waals surface area contributed by atoms with Gasteiger partial charge in [-0.3, -0.25) is 19.9 Å². The maximum Gasteiger partial charge on any atom is 2.00 e. The Morgan fingerprint density at radius 2 is 1.16 bits per heavy atom. The van der Waals surface area contributed by atoms with Crippen molar-refractivity contribution in [3.05, 3.63) is 0 Å². The van der Waals surface area contributed by atoms with Crippen LogP contribution in [-0.4, -0.2) is 49.7 Å². The van der Waals surface area contributed by atoms with Gasteiger partial charge in [0.05, 0.1) is 0 Å². The van der Waals surface area contributed by atoms with E-state index in [1.165, 1.54) is 13.8 Å². The molecule has 19 heavy (non-hydrogen) atoms. The van der Waals surface area contributed by atoms with Crippen LogP contribution in [0, 0.1) is 23.7 Å². The molecule has 0 aromatic carbocycles. The van der Waals surface area contributed by atoms with E-state index in [0.717, 1.165) is 0 Å². The van der Waals surface area contributed by atoms with Crippen molar-refractivity contribution in [2.45, 2.75) is 13.8 Å². The third kappa shape index (κ3) is 22.7. The van der Waals surface area contributed by atoms with Crippen molar-refractivity contribution in [2.75, 3.05) is 0 Å². The Kier molecular flexibility index (Phi) is 23.7. The topological polar surface area (TPSA) is 136 Å². The summed E-state index contributed by atoms with van der Waals surface area (Å²) in [6.45, 7) is 2.86. The van der Waals surface area contributed by atoms with Crippen LogP contribution in [0.1, 0.15) is 13.8 Å². The molecule has 0 atom stereocenters. The summed E-state index contributed by atoms with van der Waals surface area (Å²) in [5, 5.41) is 29.9. The van der Waals surface area contributed by atoms with E-state index in [9.17, 15) is 9.59 Å². The average Bonchev–Trinajstić information content (AvgIpc) is 2.35. The molecule has 11 heteroatoms. The molecule has 0 aliphatic carbocycles. The quantitative estimate of drug-likeness (QED) is 0.229. The van der Waals surface area contributed by atoms with Crippen LogP contribution in [0.4, 0.5) is 0 Å². The molecule has 0 bridgehead atoms. The van der Waals surface area contributed by atoms with Gasteiger partial charge in [0.1, 0.15) is 0 Å². The molecule has 0 saturated carbocycles.